The van der Waals surface area contributed by atoms with Crippen molar-refractivity contribution in [1.29, 1.82) is 0 Å². The first kappa shape index (κ1) is 28.2. The molecule has 0 spiro atoms. The van der Waals surface area contributed by atoms with Crippen LogP contribution in [-0.2, 0) is 20.9 Å². The van der Waals surface area contributed by atoms with Crippen molar-refractivity contribution in [2.75, 3.05) is 13.7 Å². The monoisotopic (exact) mass is 568 g/mol. The van der Waals surface area contributed by atoms with Gasteiger partial charge < -0.3 is 19.0 Å². The SMILES string of the molecule is CON=C(c1cccc(Cl)c1)c1ccc2c(c1)sc(=O)n2CCOc1ccc(OC(C)OC(=O)C(C)C)cc1. The van der Waals surface area contributed by atoms with E-state index in [0.717, 1.165) is 32.7 Å². The number of ether oxygens (including phenoxy) is 3. The summed E-state index contributed by atoms with van der Waals surface area (Å²) in [5, 5.41) is 4.79. The lowest BCUT2D eigenvalue weighted by molar-refractivity contribution is -0.165. The summed E-state index contributed by atoms with van der Waals surface area (Å²) in [6, 6.07) is 20.1. The molecule has 4 aromatic rings. The lowest BCUT2D eigenvalue weighted by Gasteiger charge is -2.16. The molecule has 0 aliphatic rings. The molecular formula is C29H29ClN2O6S. The van der Waals surface area contributed by atoms with Crippen molar-refractivity contribution in [2.24, 2.45) is 11.1 Å². The number of hydrogen-bond donors (Lipinski definition) is 0. The van der Waals surface area contributed by atoms with Crippen molar-refractivity contribution < 1.29 is 23.8 Å². The molecular weight excluding hydrogens is 540 g/mol. The van der Waals surface area contributed by atoms with Crippen LogP contribution in [0.4, 0.5) is 0 Å². The first-order valence-corrected chi connectivity index (χ1v) is 13.6. The van der Waals surface area contributed by atoms with Crippen LogP contribution in [0.25, 0.3) is 10.2 Å². The Hall–Kier alpha value is -3.82. The number of oxime groups is 1. The van der Waals surface area contributed by atoms with E-state index in [-0.39, 0.29) is 16.8 Å². The number of esters is 1. The van der Waals surface area contributed by atoms with Crippen molar-refractivity contribution >= 4 is 44.8 Å². The first-order chi connectivity index (χ1) is 18.7. The maximum Gasteiger partial charge on any atom is 0.311 e. The number of rotatable bonds is 11. The highest BCUT2D eigenvalue weighted by atomic mass is 35.5. The molecule has 0 N–H and O–H groups in total. The summed E-state index contributed by atoms with van der Waals surface area (Å²) in [5.74, 6) is 0.638. The molecule has 0 saturated carbocycles. The molecule has 0 aliphatic heterocycles. The Balaban J connectivity index is 1.41. The van der Waals surface area contributed by atoms with Gasteiger partial charge in [-0.05, 0) is 48.5 Å². The van der Waals surface area contributed by atoms with E-state index < -0.39 is 6.29 Å². The molecule has 1 heterocycles. The van der Waals surface area contributed by atoms with E-state index in [1.807, 2.05) is 36.4 Å². The second kappa shape index (κ2) is 12.8. The van der Waals surface area contributed by atoms with Crippen LogP contribution in [0.3, 0.4) is 0 Å². The van der Waals surface area contributed by atoms with Gasteiger partial charge in [-0.15, -0.1) is 0 Å². The van der Waals surface area contributed by atoms with Crippen molar-refractivity contribution in [3.63, 3.8) is 0 Å². The lowest BCUT2D eigenvalue weighted by Crippen LogP contribution is -2.23. The van der Waals surface area contributed by atoms with Crippen LogP contribution in [0, 0.1) is 5.92 Å². The van der Waals surface area contributed by atoms with Crippen LogP contribution >= 0.6 is 22.9 Å². The van der Waals surface area contributed by atoms with Crippen molar-refractivity contribution in [3.05, 3.63) is 92.5 Å². The summed E-state index contributed by atoms with van der Waals surface area (Å²) < 4.78 is 19.2. The molecule has 3 aromatic carbocycles. The fourth-order valence-electron chi connectivity index (χ4n) is 3.81. The Morgan fingerprint density at radius 2 is 1.72 bits per heavy atom. The zero-order valence-electron chi connectivity index (χ0n) is 22.0. The number of aromatic nitrogens is 1. The molecule has 0 fully saturated rings. The molecule has 1 atom stereocenters. The average Bonchev–Trinajstić information content (AvgIpc) is 3.22. The summed E-state index contributed by atoms with van der Waals surface area (Å²) in [6.45, 7) is 5.88. The predicted molar refractivity (Wildman–Crippen MR) is 153 cm³/mol. The number of hydrogen-bond acceptors (Lipinski definition) is 8. The molecule has 0 aliphatic carbocycles. The number of carbonyl (C=O) groups excluding carboxylic acids is 1. The van der Waals surface area contributed by atoms with Gasteiger partial charge in [-0.25, -0.2) is 0 Å². The zero-order chi connectivity index (χ0) is 27.9. The normalized spacial score (nSPS) is 12.4. The Morgan fingerprint density at radius 3 is 2.41 bits per heavy atom. The Kier molecular flexibility index (Phi) is 9.27. The number of benzene rings is 3. The number of nitrogens with zero attached hydrogens (tertiary/aromatic N) is 2. The van der Waals surface area contributed by atoms with Crippen LogP contribution in [-0.4, -0.2) is 36.3 Å². The minimum absolute atomic E-state index is 0.0765. The minimum atomic E-state index is -0.701. The van der Waals surface area contributed by atoms with E-state index >= 15 is 0 Å². The predicted octanol–water partition coefficient (Wildman–Crippen LogP) is 6.12. The summed E-state index contributed by atoms with van der Waals surface area (Å²) in [4.78, 5) is 29.5. The minimum Gasteiger partial charge on any atom is -0.492 e. The molecule has 1 aromatic heterocycles. The number of halogens is 1. The molecule has 0 radical (unpaired) electrons. The van der Waals surface area contributed by atoms with Crippen LogP contribution in [0.2, 0.25) is 5.02 Å². The van der Waals surface area contributed by atoms with Gasteiger partial charge in [0.15, 0.2) is 0 Å². The summed E-state index contributed by atoms with van der Waals surface area (Å²) in [7, 11) is 1.49. The van der Waals surface area contributed by atoms with E-state index in [9.17, 15) is 9.59 Å². The fourth-order valence-corrected chi connectivity index (χ4v) is 4.96. The molecule has 0 amide bonds. The molecule has 10 heteroatoms. The van der Waals surface area contributed by atoms with Crippen LogP contribution < -0.4 is 14.3 Å². The second-order valence-corrected chi connectivity index (χ2v) is 10.4. The summed E-state index contributed by atoms with van der Waals surface area (Å²) >= 11 is 7.33. The second-order valence-electron chi connectivity index (χ2n) is 8.93. The number of thiazole rings is 1. The van der Waals surface area contributed by atoms with E-state index in [2.05, 4.69) is 5.16 Å². The van der Waals surface area contributed by atoms with Gasteiger partial charge in [-0.1, -0.05) is 60.1 Å². The maximum absolute atomic E-state index is 12.8. The molecule has 8 nitrogen and oxygen atoms in total. The molecule has 0 bridgehead atoms. The van der Waals surface area contributed by atoms with Crippen molar-refractivity contribution in [3.8, 4) is 11.5 Å². The van der Waals surface area contributed by atoms with Crippen LogP contribution in [0.5, 0.6) is 11.5 Å². The van der Waals surface area contributed by atoms with Crippen LogP contribution in [0.1, 0.15) is 31.9 Å². The molecule has 39 heavy (non-hydrogen) atoms. The molecule has 0 saturated heterocycles. The highest BCUT2D eigenvalue weighted by Gasteiger charge is 2.15. The van der Waals surface area contributed by atoms with E-state index in [1.54, 1.807) is 55.7 Å². The van der Waals surface area contributed by atoms with E-state index in [1.165, 1.54) is 7.11 Å². The van der Waals surface area contributed by atoms with Crippen molar-refractivity contribution in [2.45, 2.75) is 33.6 Å². The largest absolute Gasteiger partial charge is 0.492 e. The van der Waals surface area contributed by atoms with Gasteiger partial charge in [0.2, 0.25) is 6.29 Å². The third-order valence-electron chi connectivity index (χ3n) is 5.69. The fraction of sp³-hybridized carbons (Fsp3) is 0.276. The topological polar surface area (TPSA) is 88.3 Å². The third-order valence-corrected chi connectivity index (χ3v) is 6.86. The number of fused-ring (bicyclic) bond motifs is 1. The van der Waals surface area contributed by atoms with Gasteiger partial charge in [0.05, 0.1) is 22.7 Å². The standard InChI is InChI=1S/C29H29ClN2O6S/c1-18(2)28(33)38-19(3)37-24-11-9-23(10-12-24)36-15-14-32-25-13-8-21(17-26(25)39-29(32)34)27(31-35-4)20-6-5-7-22(30)16-20/h5-13,16-19H,14-15H2,1-4H3. The molecule has 4 rings (SSSR count). The van der Waals surface area contributed by atoms with E-state index in [0.29, 0.717) is 35.4 Å². The zero-order valence-corrected chi connectivity index (χ0v) is 23.6. The van der Waals surface area contributed by atoms with Gasteiger partial charge in [-0.2, -0.15) is 0 Å². The Bertz CT molecular complexity index is 1530. The van der Waals surface area contributed by atoms with Crippen molar-refractivity contribution in [1.82, 2.24) is 4.57 Å². The lowest BCUT2D eigenvalue weighted by atomic mass is 10.0. The van der Waals surface area contributed by atoms with Gasteiger partial charge >= 0.3 is 10.8 Å². The molecule has 1 unspecified atom stereocenters. The quantitative estimate of drug-likeness (QED) is 0.0937. The van der Waals surface area contributed by atoms with Gasteiger partial charge in [-0.3, -0.25) is 14.2 Å². The first-order valence-electron chi connectivity index (χ1n) is 12.4. The molecule has 204 valence electrons. The number of carbonyl (C=O) groups is 1. The Morgan fingerprint density at radius 1 is 1.00 bits per heavy atom. The highest BCUT2D eigenvalue weighted by Crippen LogP contribution is 2.24. The highest BCUT2D eigenvalue weighted by molar-refractivity contribution is 7.16. The van der Waals surface area contributed by atoms with Gasteiger partial charge in [0.25, 0.3) is 0 Å². The smallest absolute Gasteiger partial charge is 0.311 e. The van der Waals surface area contributed by atoms with Crippen LogP contribution in [0.15, 0.2) is 76.7 Å². The average molecular weight is 569 g/mol. The van der Waals surface area contributed by atoms with Gasteiger partial charge in [0, 0.05) is 23.1 Å². The van der Waals surface area contributed by atoms with E-state index in [4.69, 9.17) is 30.6 Å². The maximum atomic E-state index is 12.8. The third kappa shape index (κ3) is 7.19. The van der Waals surface area contributed by atoms with Gasteiger partial charge in [0.1, 0.15) is 30.9 Å². The Labute approximate surface area is 235 Å². The summed E-state index contributed by atoms with van der Waals surface area (Å²) in [6.07, 6.45) is -0.701. The summed E-state index contributed by atoms with van der Waals surface area (Å²) in [5.41, 5.74) is 3.06.